The quantitative estimate of drug-likeness (QED) is 0.351. The Morgan fingerprint density at radius 2 is 2.00 bits per heavy atom. The monoisotopic (exact) mass is 423 g/mol. The first kappa shape index (κ1) is 20.1. The molecule has 0 unspecified atom stereocenters. The molecule has 3 aromatic rings. The highest BCUT2D eigenvalue weighted by molar-refractivity contribution is 7.99. The Morgan fingerprint density at radius 1 is 1.20 bits per heavy atom. The molecule has 154 valence electrons. The van der Waals surface area contributed by atoms with Crippen molar-refractivity contribution in [1.29, 1.82) is 0 Å². The molecule has 0 bridgehead atoms. The minimum atomic E-state index is -0.406. The van der Waals surface area contributed by atoms with E-state index in [0.29, 0.717) is 11.7 Å². The van der Waals surface area contributed by atoms with Gasteiger partial charge in [-0.05, 0) is 49.9 Å². The second-order valence-electron chi connectivity index (χ2n) is 7.28. The van der Waals surface area contributed by atoms with Gasteiger partial charge in [-0.3, -0.25) is 19.5 Å². The van der Waals surface area contributed by atoms with E-state index in [0.717, 1.165) is 35.3 Å². The lowest BCUT2D eigenvalue weighted by atomic mass is 10.0. The fraction of sp³-hybridized carbons (Fsp3) is 0.286. The smallest absolute Gasteiger partial charge is 0.269 e. The molecule has 0 aliphatic carbocycles. The van der Waals surface area contributed by atoms with E-state index in [-0.39, 0.29) is 17.3 Å². The fourth-order valence-electron chi connectivity index (χ4n) is 3.72. The van der Waals surface area contributed by atoms with Crippen LogP contribution < -0.4 is 4.90 Å². The number of benzene rings is 2. The molecule has 0 saturated heterocycles. The maximum Gasteiger partial charge on any atom is 0.269 e. The van der Waals surface area contributed by atoms with Gasteiger partial charge in [-0.25, -0.2) is 0 Å². The van der Waals surface area contributed by atoms with Crippen molar-refractivity contribution in [3.8, 4) is 5.69 Å². The summed E-state index contributed by atoms with van der Waals surface area (Å²) in [5, 5.41) is 19.9. The zero-order valence-electron chi connectivity index (χ0n) is 16.7. The largest absolute Gasteiger partial charge is 0.311 e. The summed E-state index contributed by atoms with van der Waals surface area (Å²) in [6.45, 7) is 4.68. The highest BCUT2D eigenvalue weighted by Gasteiger charge is 2.25. The van der Waals surface area contributed by atoms with Crippen LogP contribution in [-0.4, -0.2) is 37.9 Å². The van der Waals surface area contributed by atoms with E-state index < -0.39 is 4.92 Å². The third-order valence-electron chi connectivity index (χ3n) is 5.15. The predicted molar refractivity (Wildman–Crippen MR) is 115 cm³/mol. The Hall–Kier alpha value is -3.20. The van der Waals surface area contributed by atoms with Crippen molar-refractivity contribution in [1.82, 2.24) is 14.8 Å². The van der Waals surface area contributed by atoms with Crippen LogP contribution >= 0.6 is 11.8 Å². The van der Waals surface area contributed by atoms with Crippen LogP contribution in [0.4, 0.5) is 11.4 Å². The van der Waals surface area contributed by atoms with Gasteiger partial charge >= 0.3 is 0 Å². The molecule has 4 rings (SSSR count). The van der Waals surface area contributed by atoms with Gasteiger partial charge < -0.3 is 4.90 Å². The summed E-state index contributed by atoms with van der Waals surface area (Å²) >= 11 is 1.34. The molecule has 1 amide bonds. The van der Waals surface area contributed by atoms with Crippen LogP contribution in [0.2, 0.25) is 0 Å². The number of thioether (sulfide) groups is 1. The summed E-state index contributed by atoms with van der Waals surface area (Å²) in [5.74, 6) is 0.157. The second kappa shape index (κ2) is 8.27. The standard InChI is InChI=1S/C21H21N5O3S/c1-14-5-7-18(15(2)10-14)25-13-22-23-21(25)30-12-20(27)24-9-3-4-16-11-17(26(28)29)6-8-19(16)24/h5-8,10-11,13H,3-4,9,12H2,1-2H3. The first-order valence-electron chi connectivity index (χ1n) is 9.62. The van der Waals surface area contributed by atoms with Gasteiger partial charge in [0.25, 0.3) is 5.69 Å². The lowest BCUT2D eigenvalue weighted by Crippen LogP contribution is -2.36. The number of anilines is 1. The highest BCUT2D eigenvalue weighted by Crippen LogP contribution is 2.31. The molecular weight excluding hydrogens is 402 g/mol. The molecule has 0 N–H and O–H groups in total. The van der Waals surface area contributed by atoms with E-state index in [1.807, 2.05) is 30.5 Å². The number of carbonyl (C=O) groups excluding carboxylic acids is 1. The van der Waals surface area contributed by atoms with Crippen molar-refractivity contribution >= 4 is 29.0 Å². The van der Waals surface area contributed by atoms with Gasteiger partial charge in [0.2, 0.25) is 5.91 Å². The first-order chi connectivity index (χ1) is 14.4. The Bertz CT molecular complexity index is 1130. The van der Waals surface area contributed by atoms with Gasteiger partial charge in [0, 0.05) is 24.4 Å². The highest BCUT2D eigenvalue weighted by atomic mass is 32.2. The minimum absolute atomic E-state index is 0.0509. The lowest BCUT2D eigenvalue weighted by molar-refractivity contribution is -0.384. The van der Waals surface area contributed by atoms with Crippen LogP contribution in [0, 0.1) is 24.0 Å². The third kappa shape index (κ3) is 3.93. The van der Waals surface area contributed by atoms with Gasteiger partial charge in [0.15, 0.2) is 5.16 Å². The summed E-state index contributed by atoms with van der Waals surface area (Å²) in [4.78, 5) is 25.3. The van der Waals surface area contributed by atoms with Crippen LogP contribution in [0.5, 0.6) is 0 Å². The predicted octanol–water partition coefficient (Wildman–Crippen LogP) is 3.86. The number of rotatable bonds is 5. The van der Waals surface area contributed by atoms with E-state index in [2.05, 4.69) is 16.3 Å². The van der Waals surface area contributed by atoms with E-state index in [4.69, 9.17) is 0 Å². The molecule has 0 fully saturated rings. The number of hydrogen-bond donors (Lipinski definition) is 0. The normalized spacial score (nSPS) is 13.2. The zero-order chi connectivity index (χ0) is 21.3. The van der Waals surface area contributed by atoms with Crippen molar-refractivity contribution < 1.29 is 9.72 Å². The maximum atomic E-state index is 12.9. The topological polar surface area (TPSA) is 94.2 Å². The molecule has 0 saturated carbocycles. The van der Waals surface area contributed by atoms with Gasteiger partial charge in [0.1, 0.15) is 6.33 Å². The molecule has 0 spiro atoms. The van der Waals surface area contributed by atoms with Crippen LogP contribution in [0.25, 0.3) is 5.69 Å². The molecule has 1 aliphatic heterocycles. The Labute approximate surface area is 178 Å². The molecule has 2 heterocycles. The first-order valence-corrected chi connectivity index (χ1v) is 10.6. The van der Waals surface area contributed by atoms with Crippen LogP contribution in [-0.2, 0) is 11.2 Å². The van der Waals surface area contributed by atoms with E-state index >= 15 is 0 Å². The zero-order valence-corrected chi connectivity index (χ0v) is 17.6. The molecule has 9 heteroatoms. The van der Waals surface area contributed by atoms with Crippen molar-refractivity contribution in [2.24, 2.45) is 0 Å². The van der Waals surface area contributed by atoms with Crippen LogP contribution in [0.1, 0.15) is 23.1 Å². The lowest BCUT2D eigenvalue weighted by Gasteiger charge is -2.29. The summed E-state index contributed by atoms with van der Waals surface area (Å²) in [6, 6.07) is 10.8. The Balaban J connectivity index is 1.51. The Kier molecular flexibility index (Phi) is 5.54. The molecule has 1 aromatic heterocycles. The number of non-ortho nitro benzene ring substituents is 1. The van der Waals surface area contributed by atoms with Crippen molar-refractivity contribution in [3.63, 3.8) is 0 Å². The van der Waals surface area contributed by atoms with E-state index in [9.17, 15) is 14.9 Å². The minimum Gasteiger partial charge on any atom is -0.311 e. The molecule has 0 atom stereocenters. The number of fused-ring (bicyclic) bond motifs is 1. The van der Waals surface area contributed by atoms with Gasteiger partial charge in [0.05, 0.1) is 16.4 Å². The number of nitro benzene ring substituents is 1. The van der Waals surface area contributed by atoms with Gasteiger partial charge in [-0.1, -0.05) is 29.5 Å². The molecule has 8 nitrogen and oxygen atoms in total. The number of aryl methyl sites for hydroxylation is 3. The second-order valence-corrected chi connectivity index (χ2v) is 8.22. The Morgan fingerprint density at radius 3 is 2.77 bits per heavy atom. The molecular formula is C21H21N5O3S. The van der Waals surface area contributed by atoms with Gasteiger partial charge in [-0.15, -0.1) is 10.2 Å². The fourth-order valence-corrected chi connectivity index (χ4v) is 4.52. The third-order valence-corrected chi connectivity index (χ3v) is 6.07. The van der Waals surface area contributed by atoms with Crippen LogP contribution in [0.15, 0.2) is 47.9 Å². The average molecular weight is 423 g/mol. The molecule has 2 aromatic carbocycles. The number of amides is 1. The number of nitro groups is 1. The molecule has 30 heavy (non-hydrogen) atoms. The summed E-state index contributed by atoms with van der Waals surface area (Å²) in [7, 11) is 0. The van der Waals surface area contributed by atoms with Crippen molar-refractivity contribution in [2.45, 2.75) is 31.8 Å². The van der Waals surface area contributed by atoms with E-state index in [1.165, 1.54) is 23.4 Å². The number of hydrogen-bond acceptors (Lipinski definition) is 6. The van der Waals surface area contributed by atoms with Crippen molar-refractivity contribution in [3.05, 3.63) is 69.5 Å². The van der Waals surface area contributed by atoms with Crippen LogP contribution in [0.3, 0.4) is 0 Å². The van der Waals surface area contributed by atoms with Crippen molar-refractivity contribution in [2.75, 3.05) is 17.2 Å². The maximum absolute atomic E-state index is 12.9. The summed E-state index contributed by atoms with van der Waals surface area (Å²) in [6.07, 6.45) is 3.16. The summed E-state index contributed by atoms with van der Waals surface area (Å²) < 4.78 is 1.89. The molecule has 1 aliphatic rings. The number of carbonyl (C=O) groups is 1. The SMILES string of the molecule is Cc1ccc(-n2cnnc2SCC(=O)N2CCCc3cc([N+](=O)[O-])ccc32)c(C)c1. The van der Waals surface area contributed by atoms with E-state index in [1.54, 1.807) is 23.4 Å². The number of aromatic nitrogens is 3. The van der Waals surface area contributed by atoms with Gasteiger partial charge in [-0.2, -0.15) is 0 Å². The number of nitrogens with zero attached hydrogens (tertiary/aromatic N) is 5. The summed E-state index contributed by atoms with van der Waals surface area (Å²) in [5.41, 5.74) is 4.92. The average Bonchev–Trinajstić information content (AvgIpc) is 3.19. The molecule has 0 radical (unpaired) electrons.